The van der Waals surface area contributed by atoms with E-state index in [0.717, 1.165) is 50.3 Å². The molecule has 5 rings (SSSR count). The summed E-state index contributed by atoms with van der Waals surface area (Å²) in [6.45, 7) is 2.04. The van der Waals surface area contributed by atoms with Crippen LogP contribution in [0.1, 0.15) is 43.8 Å². The summed E-state index contributed by atoms with van der Waals surface area (Å²) >= 11 is 3.06. The van der Waals surface area contributed by atoms with Crippen LogP contribution in [0.4, 0.5) is 0 Å². The SMILES string of the molecule is Cc1nn(-c2ccccc2)c2sc(-c3nnc(SCC(N)=O)n3C3CCCCC3)cc12. The van der Waals surface area contributed by atoms with Crippen molar-refractivity contribution in [1.82, 2.24) is 24.5 Å². The van der Waals surface area contributed by atoms with Crippen LogP contribution in [0.3, 0.4) is 0 Å². The number of hydrogen-bond donors (Lipinski definition) is 1. The maximum Gasteiger partial charge on any atom is 0.227 e. The fourth-order valence-electron chi connectivity index (χ4n) is 4.25. The van der Waals surface area contributed by atoms with Crippen LogP contribution in [-0.2, 0) is 4.79 Å². The monoisotopic (exact) mass is 452 g/mol. The third kappa shape index (κ3) is 3.87. The van der Waals surface area contributed by atoms with Crippen LogP contribution in [0.2, 0.25) is 0 Å². The van der Waals surface area contributed by atoms with Gasteiger partial charge in [-0.05, 0) is 38.0 Å². The van der Waals surface area contributed by atoms with Crippen LogP contribution in [0.5, 0.6) is 0 Å². The number of para-hydroxylation sites is 1. The first-order valence-electron chi connectivity index (χ1n) is 10.5. The van der Waals surface area contributed by atoms with Crippen molar-refractivity contribution < 1.29 is 4.79 Å². The highest BCUT2D eigenvalue weighted by Crippen LogP contribution is 2.40. The number of thiophene rings is 1. The van der Waals surface area contributed by atoms with E-state index >= 15 is 0 Å². The van der Waals surface area contributed by atoms with Gasteiger partial charge in [0.25, 0.3) is 0 Å². The Balaban J connectivity index is 1.60. The number of thioether (sulfide) groups is 1. The van der Waals surface area contributed by atoms with Crippen molar-refractivity contribution in [2.24, 2.45) is 5.73 Å². The molecule has 0 bridgehead atoms. The summed E-state index contributed by atoms with van der Waals surface area (Å²) in [5, 5.41) is 15.7. The van der Waals surface area contributed by atoms with E-state index in [1.807, 2.05) is 29.8 Å². The first-order chi connectivity index (χ1) is 15.1. The highest BCUT2D eigenvalue weighted by atomic mass is 32.2. The Morgan fingerprint density at radius 3 is 2.71 bits per heavy atom. The van der Waals surface area contributed by atoms with Crippen molar-refractivity contribution in [2.45, 2.75) is 50.2 Å². The number of carbonyl (C=O) groups excluding carboxylic acids is 1. The van der Waals surface area contributed by atoms with Gasteiger partial charge in [-0.25, -0.2) is 4.68 Å². The number of hydrogen-bond acceptors (Lipinski definition) is 6. The lowest BCUT2D eigenvalue weighted by molar-refractivity contribution is -0.115. The summed E-state index contributed by atoms with van der Waals surface area (Å²) in [6, 6.07) is 12.7. The fraction of sp³-hybridized carbons (Fsp3) is 0.364. The first-order valence-corrected chi connectivity index (χ1v) is 12.3. The lowest BCUT2D eigenvalue weighted by Crippen LogP contribution is -2.17. The smallest absolute Gasteiger partial charge is 0.227 e. The largest absolute Gasteiger partial charge is 0.369 e. The second-order valence-corrected chi connectivity index (χ2v) is 9.86. The van der Waals surface area contributed by atoms with E-state index in [2.05, 4.69) is 33.0 Å². The summed E-state index contributed by atoms with van der Waals surface area (Å²) in [5.41, 5.74) is 7.42. The molecule has 0 unspecified atom stereocenters. The predicted octanol–water partition coefficient (Wildman–Crippen LogP) is 4.74. The molecule has 1 aliphatic rings. The van der Waals surface area contributed by atoms with Gasteiger partial charge in [0.1, 0.15) is 4.83 Å². The molecule has 1 aromatic carbocycles. The Bertz CT molecular complexity index is 1220. The van der Waals surface area contributed by atoms with Gasteiger partial charge in [-0.1, -0.05) is 49.2 Å². The van der Waals surface area contributed by atoms with Crippen LogP contribution in [0.25, 0.3) is 26.6 Å². The molecule has 7 nitrogen and oxygen atoms in total. The lowest BCUT2D eigenvalue weighted by atomic mass is 9.95. The third-order valence-electron chi connectivity index (χ3n) is 5.71. The standard InChI is InChI=1S/C22H24N6OS2/c1-14-17-12-18(31-21(17)28(26-14)16-10-6-3-7-11-16)20-24-25-22(30-13-19(23)29)27(20)15-8-4-2-5-9-15/h3,6-7,10-12,15H,2,4-5,8-9,13H2,1H3,(H2,23,29). The minimum Gasteiger partial charge on any atom is -0.369 e. The summed E-state index contributed by atoms with van der Waals surface area (Å²) in [6.07, 6.45) is 5.90. The zero-order chi connectivity index (χ0) is 21.4. The molecule has 1 fully saturated rings. The van der Waals surface area contributed by atoms with E-state index in [0.29, 0.717) is 6.04 Å². The molecule has 9 heteroatoms. The van der Waals surface area contributed by atoms with Gasteiger partial charge < -0.3 is 5.73 Å². The van der Waals surface area contributed by atoms with Crippen molar-refractivity contribution in [3.63, 3.8) is 0 Å². The molecule has 1 amide bonds. The van der Waals surface area contributed by atoms with Crippen LogP contribution < -0.4 is 5.73 Å². The van der Waals surface area contributed by atoms with Gasteiger partial charge in [0.05, 0.1) is 22.0 Å². The predicted molar refractivity (Wildman–Crippen MR) is 125 cm³/mol. The number of rotatable bonds is 6. The number of nitrogens with two attached hydrogens (primary N) is 1. The van der Waals surface area contributed by atoms with E-state index < -0.39 is 0 Å². The molecule has 1 saturated carbocycles. The number of primary amides is 1. The number of fused-ring (bicyclic) bond motifs is 1. The lowest BCUT2D eigenvalue weighted by Gasteiger charge is -2.25. The molecule has 3 heterocycles. The third-order valence-corrected chi connectivity index (χ3v) is 7.79. The minimum atomic E-state index is -0.342. The van der Waals surface area contributed by atoms with Crippen molar-refractivity contribution in [1.29, 1.82) is 0 Å². The van der Waals surface area contributed by atoms with E-state index in [1.54, 1.807) is 11.3 Å². The maximum absolute atomic E-state index is 11.4. The van der Waals surface area contributed by atoms with Crippen LogP contribution in [0.15, 0.2) is 41.6 Å². The number of aryl methyl sites for hydroxylation is 1. The molecular weight excluding hydrogens is 428 g/mol. The van der Waals surface area contributed by atoms with Gasteiger partial charge in [-0.15, -0.1) is 21.5 Å². The molecule has 160 valence electrons. The number of benzene rings is 1. The molecule has 3 aromatic heterocycles. The zero-order valence-corrected chi connectivity index (χ0v) is 19.0. The van der Waals surface area contributed by atoms with Gasteiger partial charge in [0.2, 0.25) is 5.91 Å². The molecular formula is C22H24N6OS2. The average molecular weight is 453 g/mol. The van der Waals surface area contributed by atoms with Crippen molar-refractivity contribution in [3.8, 4) is 16.4 Å². The Morgan fingerprint density at radius 2 is 1.97 bits per heavy atom. The van der Waals surface area contributed by atoms with Gasteiger partial charge in [-0.3, -0.25) is 9.36 Å². The van der Waals surface area contributed by atoms with Crippen molar-refractivity contribution in [3.05, 3.63) is 42.1 Å². The van der Waals surface area contributed by atoms with Crippen LogP contribution in [0, 0.1) is 6.92 Å². The maximum atomic E-state index is 11.4. The molecule has 31 heavy (non-hydrogen) atoms. The summed E-state index contributed by atoms with van der Waals surface area (Å²) in [4.78, 5) is 13.5. The molecule has 0 saturated heterocycles. The summed E-state index contributed by atoms with van der Waals surface area (Å²) in [7, 11) is 0. The Morgan fingerprint density at radius 1 is 1.19 bits per heavy atom. The number of aromatic nitrogens is 5. The topological polar surface area (TPSA) is 91.6 Å². The Labute approximate surface area is 188 Å². The number of nitrogens with zero attached hydrogens (tertiary/aromatic N) is 5. The fourth-order valence-corrected chi connectivity index (χ4v) is 6.16. The summed E-state index contributed by atoms with van der Waals surface area (Å²) < 4.78 is 4.25. The van der Waals surface area contributed by atoms with Gasteiger partial charge in [-0.2, -0.15) is 5.10 Å². The Kier molecular flexibility index (Phi) is 5.54. The van der Waals surface area contributed by atoms with E-state index in [4.69, 9.17) is 10.8 Å². The van der Waals surface area contributed by atoms with Gasteiger partial charge in [0, 0.05) is 11.4 Å². The van der Waals surface area contributed by atoms with Crippen LogP contribution in [-0.4, -0.2) is 36.2 Å². The minimum absolute atomic E-state index is 0.208. The zero-order valence-electron chi connectivity index (χ0n) is 17.3. The highest BCUT2D eigenvalue weighted by molar-refractivity contribution is 7.99. The number of amides is 1. The highest BCUT2D eigenvalue weighted by Gasteiger charge is 2.26. The van der Waals surface area contributed by atoms with Gasteiger partial charge >= 0.3 is 0 Å². The molecule has 0 radical (unpaired) electrons. The first kappa shape index (κ1) is 20.3. The van der Waals surface area contributed by atoms with E-state index in [1.165, 1.54) is 31.0 Å². The quantitative estimate of drug-likeness (QED) is 0.427. The van der Waals surface area contributed by atoms with E-state index in [-0.39, 0.29) is 11.7 Å². The molecule has 4 aromatic rings. The van der Waals surface area contributed by atoms with Crippen LogP contribution >= 0.6 is 23.1 Å². The molecule has 0 atom stereocenters. The van der Waals surface area contributed by atoms with Crippen molar-refractivity contribution in [2.75, 3.05) is 5.75 Å². The number of carbonyl (C=O) groups is 1. The molecule has 2 N–H and O–H groups in total. The molecule has 0 spiro atoms. The molecule has 0 aliphatic heterocycles. The van der Waals surface area contributed by atoms with Gasteiger partial charge in [0.15, 0.2) is 11.0 Å². The summed E-state index contributed by atoms with van der Waals surface area (Å²) in [5.74, 6) is 0.739. The average Bonchev–Trinajstić information content (AvgIpc) is 3.48. The van der Waals surface area contributed by atoms with Crippen molar-refractivity contribution >= 4 is 39.2 Å². The second kappa shape index (κ2) is 8.47. The second-order valence-electron chi connectivity index (χ2n) is 7.89. The molecule has 1 aliphatic carbocycles. The normalized spacial score (nSPS) is 15.0. The Hall–Kier alpha value is -2.65. The van der Waals surface area contributed by atoms with E-state index in [9.17, 15) is 4.79 Å².